The van der Waals surface area contributed by atoms with E-state index in [9.17, 15) is 9.90 Å². The highest BCUT2D eigenvalue weighted by molar-refractivity contribution is 5.68. The topological polar surface area (TPSA) is 49.8 Å². The average Bonchev–Trinajstić information content (AvgIpc) is 2.96. The monoisotopic (exact) mass is 277 g/mol. The number of rotatable bonds is 4. The highest BCUT2D eigenvalue weighted by atomic mass is 16.6. The molecule has 0 radical (unpaired) electrons. The van der Waals surface area contributed by atoms with Crippen LogP contribution < -0.4 is 0 Å². The Hall–Kier alpha value is -1.55. The van der Waals surface area contributed by atoms with Crippen molar-refractivity contribution in [1.29, 1.82) is 0 Å². The Kier molecular flexibility index (Phi) is 4.65. The number of nitrogens with zero attached hydrogens (tertiary/aromatic N) is 1. The summed E-state index contributed by atoms with van der Waals surface area (Å²) in [5.74, 6) is 0. The van der Waals surface area contributed by atoms with E-state index >= 15 is 0 Å². The molecule has 1 fully saturated rings. The second-order valence-corrected chi connectivity index (χ2v) is 6.04. The first kappa shape index (κ1) is 14.9. The maximum absolute atomic E-state index is 12.2. The number of aliphatic hydroxyl groups excluding tert-OH is 1. The standard InChI is InChI=1S/C16H23NO3/c1-16(2,12-18)14-9-6-10-17(14)15(19)20-11-13-7-4-3-5-8-13/h3-5,7-8,14,18H,6,9-12H2,1-2H3. The van der Waals surface area contributed by atoms with Crippen LogP contribution in [-0.4, -0.2) is 35.3 Å². The number of benzene rings is 1. The molecule has 1 amide bonds. The van der Waals surface area contributed by atoms with Crippen molar-refractivity contribution < 1.29 is 14.6 Å². The second-order valence-electron chi connectivity index (χ2n) is 6.04. The van der Waals surface area contributed by atoms with E-state index < -0.39 is 0 Å². The van der Waals surface area contributed by atoms with Gasteiger partial charge in [-0.2, -0.15) is 0 Å². The van der Waals surface area contributed by atoms with Crippen LogP contribution in [0.3, 0.4) is 0 Å². The van der Waals surface area contributed by atoms with Crippen molar-refractivity contribution in [3.63, 3.8) is 0 Å². The van der Waals surface area contributed by atoms with E-state index in [-0.39, 0.29) is 24.2 Å². The maximum Gasteiger partial charge on any atom is 0.410 e. The second kappa shape index (κ2) is 6.27. The summed E-state index contributed by atoms with van der Waals surface area (Å²) in [6, 6.07) is 9.72. The zero-order valence-corrected chi connectivity index (χ0v) is 12.2. The Balaban J connectivity index is 1.95. The van der Waals surface area contributed by atoms with Crippen LogP contribution in [-0.2, 0) is 11.3 Å². The molecule has 1 aromatic rings. The van der Waals surface area contributed by atoms with Gasteiger partial charge in [0.15, 0.2) is 0 Å². The van der Waals surface area contributed by atoms with Crippen molar-refractivity contribution in [3.8, 4) is 0 Å². The maximum atomic E-state index is 12.2. The van der Waals surface area contributed by atoms with E-state index in [1.165, 1.54) is 0 Å². The molecule has 1 aliphatic heterocycles. The lowest BCUT2D eigenvalue weighted by atomic mass is 9.84. The van der Waals surface area contributed by atoms with Crippen LogP contribution in [0.5, 0.6) is 0 Å². The number of carbonyl (C=O) groups excluding carboxylic acids is 1. The van der Waals surface area contributed by atoms with Gasteiger partial charge < -0.3 is 14.7 Å². The Morgan fingerprint density at radius 2 is 2.10 bits per heavy atom. The lowest BCUT2D eigenvalue weighted by molar-refractivity contribution is 0.0420. The average molecular weight is 277 g/mol. The lowest BCUT2D eigenvalue weighted by Crippen LogP contribution is -2.46. The van der Waals surface area contributed by atoms with Crippen molar-refractivity contribution in [3.05, 3.63) is 35.9 Å². The van der Waals surface area contributed by atoms with Gasteiger partial charge in [0.05, 0.1) is 6.61 Å². The Bertz CT molecular complexity index is 444. The largest absolute Gasteiger partial charge is 0.445 e. The van der Waals surface area contributed by atoms with Gasteiger partial charge in [0.2, 0.25) is 0 Å². The van der Waals surface area contributed by atoms with Gasteiger partial charge in [-0.25, -0.2) is 4.79 Å². The number of carbonyl (C=O) groups is 1. The molecular weight excluding hydrogens is 254 g/mol. The van der Waals surface area contributed by atoms with Crippen LogP contribution in [0.2, 0.25) is 0 Å². The summed E-state index contributed by atoms with van der Waals surface area (Å²) in [7, 11) is 0. The van der Waals surface area contributed by atoms with E-state index in [1.807, 2.05) is 44.2 Å². The third-order valence-corrected chi connectivity index (χ3v) is 4.00. The van der Waals surface area contributed by atoms with Gasteiger partial charge in [-0.05, 0) is 18.4 Å². The number of amides is 1. The number of aliphatic hydroxyl groups is 1. The van der Waals surface area contributed by atoms with Gasteiger partial charge in [-0.3, -0.25) is 0 Å². The molecule has 1 aliphatic rings. The molecule has 1 saturated heterocycles. The zero-order chi connectivity index (χ0) is 14.6. The molecule has 0 aliphatic carbocycles. The van der Waals surface area contributed by atoms with Gasteiger partial charge >= 0.3 is 6.09 Å². The van der Waals surface area contributed by atoms with Crippen molar-refractivity contribution in [1.82, 2.24) is 4.90 Å². The molecule has 4 nitrogen and oxygen atoms in total. The number of ether oxygens (including phenoxy) is 1. The minimum Gasteiger partial charge on any atom is -0.445 e. The van der Waals surface area contributed by atoms with Crippen LogP contribution in [0.1, 0.15) is 32.3 Å². The third-order valence-electron chi connectivity index (χ3n) is 4.00. The van der Waals surface area contributed by atoms with E-state index in [4.69, 9.17) is 4.74 Å². The molecule has 1 N–H and O–H groups in total. The quantitative estimate of drug-likeness (QED) is 0.920. The highest BCUT2D eigenvalue weighted by Crippen LogP contribution is 2.33. The summed E-state index contributed by atoms with van der Waals surface area (Å²) in [6.07, 6.45) is 1.61. The van der Waals surface area contributed by atoms with Gasteiger partial charge in [-0.1, -0.05) is 44.2 Å². The first-order valence-corrected chi connectivity index (χ1v) is 7.13. The molecule has 1 unspecified atom stereocenters. The van der Waals surface area contributed by atoms with Crippen molar-refractivity contribution >= 4 is 6.09 Å². The molecule has 1 aromatic carbocycles. The minimum absolute atomic E-state index is 0.0516. The molecule has 4 heteroatoms. The summed E-state index contributed by atoms with van der Waals surface area (Å²) in [4.78, 5) is 14.0. The summed E-state index contributed by atoms with van der Waals surface area (Å²) >= 11 is 0. The fourth-order valence-corrected chi connectivity index (χ4v) is 2.71. The van der Waals surface area contributed by atoms with Crippen LogP contribution >= 0.6 is 0 Å². The van der Waals surface area contributed by atoms with Crippen molar-refractivity contribution in [2.75, 3.05) is 13.2 Å². The van der Waals surface area contributed by atoms with E-state index in [0.717, 1.165) is 18.4 Å². The predicted octanol–water partition coefficient (Wildman–Crippen LogP) is 2.81. The molecule has 110 valence electrons. The van der Waals surface area contributed by atoms with Crippen LogP contribution in [0.4, 0.5) is 4.79 Å². The SMILES string of the molecule is CC(C)(CO)C1CCCN1C(=O)OCc1ccccc1. The summed E-state index contributed by atoms with van der Waals surface area (Å²) in [5.41, 5.74) is 0.695. The number of hydrogen-bond acceptors (Lipinski definition) is 3. The fraction of sp³-hybridized carbons (Fsp3) is 0.562. The molecule has 1 heterocycles. The molecule has 0 spiro atoms. The molecule has 0 bridgehead atoms. The van der Waals surface area contributed by atoms with E-state index in [0.29, 0.717) is 13.2 Å². The minimum atomic E-state index is -0.289. The van der Waals surface area contributed by atoms with Crippen LogP contribution in [0.15, 0.2) is 30.3 Å². The highest BCUT2D eigenvalue weighted by Gasteiger charge is 2.40. The van der Waals surface area contributed by atoms with E-state index in [1.54, 1.807) is 4.90 Å². The summed E-state index contributed by atoms with van der Waals surface area (Å²) in [5, 5.41) is 9.48. The van der Waals surface area contributed by atoms with Gasteiger partial charge in [-0.15, -0.1) is 0 Å². The van der Waals surface area contributed by atoms with Crippen molar-refractivity contribution in [2.45, 2.75) is 39.3 Å². The summed E-state index contributed by atoms with van der Waals surface area (Å²) in [6.45, 7) is 5.05. The molecule has 0 saturated carbocycles. The molecule has 1 atom stereocenters. The predicted molar refractivity (Wildman–Crippen MR) is 77.2 cm³/mol. The Morgan fingerprint density at radius 3 is 2.75 bits per heavy atom. The molecule has 20 heavy (non-hydrogen) atoms. The normalized spacial score (nSPS) is 19.1. The van der Waals surface area contributed by atoms with Gasteiger partial charge in [0.1, 0.15) is 6.61 Å². The van der Waals surface area contributed by atoms with Gasteiger partial charge in [0.25, 0.3) is 0 Å². The van der Waals surface area contributed by atoms with Crippen LogP contribution in [0.25, 0.3) is 0 Å². The van der Waals surface area contributed by atoms with Gasteiger partial charge in [0, 0.05) is 18.0 Å². The first-order valence-electron chi connectivity index (χ1n) is 7.13. The van der Waals surface area contributed by atoms with E-state index in [2.05, 4.69) is 0 Å². The number of hydrogen-bond donors (Lipinski definition) is 1. The fourth-order valence-electron chi connectivity index (χ4n) is 2.71. The third kappa shape index (κ3) is 3.31. The lowest BCUT2D eigenvalue weighted by Gasteiger charge is -2.35. The van der Waals surface area contributed by atoms with Crippen LogP contribution in [0, 0.1) is 5.41 Å². The smallest absolute Gasteiger partial charge is 0.410 e. The molecule has 2 rings (SSSR count). The Morgan fingerprint density at radius 1 is 1.40 bits per heavy atom. The summed E-state index contributed by atoms with van der Waals surface area (Å²) < 4.78 is 5.39. The number of likely N-dealkylation sites (tertiary alicyclic amines) is 1. The zero-order valence-electron chi connectivity index (χ0n) is 12.2. The molecular formula is C16H23NO3. The first-order chi connectivity index (χ1) is 9.54. The van der Waals surface area contributed by atoms with Crippen molar-refractivity contribution in [2.24, 2.45) is 5.41 Å². The molecule has 0 aromatic heterocycles. The Labute approximate surface area is 120 Å².